The predicted octanol–water partition coefficient (Wildman–Crippen LogP) is 1.66. The van der Waals surface area contributed by atoms with Crippen molar-refractivity contribution in [3.05, 3.63) is 51.6 Å². The zero-order chi connectivity index (χ0) is 15.4. The van der Waals surface area contributed by atoms with Crippen LogP contribution in [0.4, 0.5) is 11.4 Å². The van der Waals surface area contributed by atoms with Crippen LogP contribution in [0.5, 0.6) is 0 Å². The molecule has 0 aliphatic carbocycles. The number of imidazole rings is 1. The molecule has 0 aliphatic rings. The molecule has 0 unspecified atom stereocenters. The Hall–Kier alpha value is -2.45. The highest BCUT2D eigenvalue weighted by atomic mass is 35.5. The molecule has 21 heavy (non-hydrogen) atoms. The second-order valence-corrected chi connectivity index (χ2v) is 4.57. The highest BCUT2D eigenvalue weighted by molar-refractivity contribution is 6.33. The summed E-state index contributed by atoms with van der Waals surface area (Å²) in [7, 11) is 0. The lowest BCUT2D eigenvalue weighted by Gasteiger charge is -2.04. The average molecular weight is 310 g/mol. The van der Waals surface area contributed by atoms with Gasteiger partial charge < -0.3 is 15.6 Å². The summed E-state index contributed by atoms with van der Waals surface area (Å²) in [4.78, 5) is 26.0. The minimum Gasteiger partial charge on any atom is -0.335 e. The van der Waals surface area contributed by atoms with E-state index in [0.717, 1.165) is 0 Å². The molecule has 0 atom stereocenters. The van der Waals surface area contributed by atoms with Crippen LogP contribution >= 0.6 is 11.6 Å². The first-order chi connectivity index (χ1) is 10.0. The number of halogens is 1. The largest absolute Gasteiger partial charge is 0.335 e. The third-order valence-electron chi connectivity index (χ3n) is 2.66. The normalized spacial score (nSPS) is 10.4. The van der Waals surface area contributed by atoms with Gasteiger partial charge in [-0.1, -0.05) is 11.6 Å². The average Bonchev–Trinajstić information content (AvgIpc) is 2.87. The van der Waals surface area contributed by atoms with Gasteiger partial charge in [-0.25, -0.2) is 4.98 Å². The molecule has 0 fully saturated rings. The van der Waals surface area contributed by atoms with Crippen LogP contribution in [0.15, 0.2) is 30.7 Å². The molecular weight excluding hydrogens is 298 g/mol. The van der Waals surface area contributed by atoms with Gasteiger partial charge in [0.15, 0.2) is 0 Å². The quantitative estimate of drug-likeness (QED) is 0.643. The van der Waals surface area contributed by atoms with Crippen molar-refractivity contribution in [3.63, 3.8) is 0 Å². The standard InChI is InChI=1S/C12H12ClN5O3/c13-9-5-8(1-2-11(9)18(20)21)16-12(19)10-6-17(4-3-14)7-15-10/h1-2,5-7H,3-4,14H2,(H,16,19). The van der Waals surface area contributed by atoms with Gasteiger partial charge in [0.25, 0.3) is 11.6 Å². The van der Waals surface area contributed by atoms with Gasteiger partial charge in [-0.05, 0) is 12.1 Å². The fourth-order valence-corrected chi connectivity index (χ4v) is 1.93. The van der Waals surface area contributed by atoms with Crippen LogP contribution in [-0.2, 0) is 6.54 Å². The highest BCUT2D eigenvalue weighted by Crippen LogP contribution is 2.27. The van der Waals surface area contributed by atoms with E-state index in [1.54, 1.807) is 10.8 Å². The second kappa shape index (κ2) is 6.33. The van der Waals surface area contributed by atoms with Crippen molar-refractivity contribution in [1.29, 1.82) is 0 Å². The van der Waals surface area contributed by atoms with Crippen LogP contribution < -0.4 is 11.1 Å². The third kappa shape index (κ3) is 3.56. The van der Waals surface area contributed by atoms with Crippen LogP contribution in [0.2, 0.25) is 5.02 Å². The van der Waals surface area contributed by atoms with E-state index in [9.17, 15) is 14.9 Å². The molecule has 1 heterocycles. The van der Waals surface area contributed by atoms with Gasteiger partial charge >= 0.3 is 0 Å². The van der Waals surface area contributed by atoms with Crippen LogP contribution in [0, 0.1) is 10.1 Å². The topological polar surface area (TPSA) is 116 Å². The van der Waals surface area contributed by atoms with Crippen LogP contribution in [0.3, 0.4) is 0 Å². The molecule has 0 spiro atoms. The van der Waals surface area contributed by atoms with Crippen molar-refractivity contribution in [2.24, 2.45) is 5.73 Å². The van der Waals surface area contributed by atoms with E-state index < -0.39 is 10.8 Å². The number of carbonyl (C=O) groups is 1. The number of hydrogen-bond acceptors (Lipinski definition) is 5. The maximum absolute atomic E-state index is 12.0. The summed E-state index contributed by atoms with van der Waals surface area (Å²) in [6.45, 7) is 0.999. The summed E-state index contributed by atoms with van der Waals surface area (Å²) >= 11 is 5.77. The third-order valence-corrected chi connectivity index (χ3v) is 2.96. The molecule has 0 aliphatic heterocycles. The Bertz CT molecular complexity index is 685. The van der Waals surface area contributed by atoms with Gasteiger partial charge in [-0.2, -0.15) is 0 Å². The zero-order valence-corrected chi connectivity index (χ0v) is 11.6. The van der Waals surface area contributed by atoms with E-state index in [2.05, 4.69) is 10.3 Å². The Labute approximate surface area is 124 Å². The van der Waals surface area contributed by atoms with E-state index in [0.29, 0.717) is 18.8 Å². The van der Waals surface area contributed by atoms with Crippen molar-refractivity contribution in [2.75, 3.05) is 11.9 Å². The molecule has 0 saturated carbocycles. The molecule has 3 N–H and O–H groups in total. The summed E-state index contributed by atoms with van der Waals surface area (Å²) < 4.78 is 1.69. The van der Waals surface area contributed by atoms with Crippen molar-refractivity contribution in [2.45, 2.75) is 6.54 Å². The van der Waals surface area contributed by atoms with E-state index in [-0.39, 0.29) is 16.4 Å². The Morgan fingerprint density at radius 2 is 2.29 bits per heavy atom. The first-order valence-electron chi connectivity index (χ1n) is 5.98. The van der Waals surface area contributed by atoms with Gasteiger partial charge in [0, 0.05) is 31.0 Å². The number of carbonyl (C=O) groups excluding carboxylic acids is 1. The Morgan fingerprint density at radius 3 is 2.90 bits per heavy atom. The molecule has 0 saturated heterocycles. The van der Waals surface area contributed by atoms with E-state index in [1.807, 2.05) is 0 Å². The van der Waals surface area contributed by atoms with Crippen molar-refractivity contribution in [3.8, 4) is 0 Å². The number of amides is 1. The van der Waals surface area contributed by atoms with E-state index in [1.165, 1.54) is 24.5 Å². The smallest absolute Gasteiger partial charge is 0.288 e. The predicted molar refractivity (Wildman–Crippen MR) is 77.3 cm³/mol. The first-order valence-corrected chi connectivity index (χ1v) is 6.36. The maximum atomic E-state index is 12.0. The Kier molecular flexibility index (Phi) is 4.51. The van der Waals surface area contributed by atoms with Crippen LogP contribution in [0.25, 0.3) is 0 Å². The molecule has 1 aromatic carbocycles. The summed E-state index contributed by atoms with van der Waals surface area (Å²) in [6, 6.07) is 3.94. The van der Waals surface area contributed by atoms with Gasteiger partial charge in [-0.3, -0.25) is 14.9 Å². The number of nitrogens with zero attached hydrogens (tertiary/aromatic N) is 3. The van der Waals surface area contributed by atoms with Crippen molar-refractivity contribution in [1.82, 2.24) is 9.55 Å². The van der Waals surface area contributed by atoms with Gasteiger partial charge in [0.05, 0.1) is 11.3 Å². The number of nitrogens with two attached hydrogens (primary N) is 1. The molecule has 9 heteroatoms. The second-order valence-electron chi connectivity index (χ2n) is 4.16. The maximum Gasteiger partial charge on any atom is 0.288 e. The summed E-state index contributed by atoms with van der Waals surface area (Å²) in [5.74, 6) is -0.435. The number of hydrogen-bond donors (Lipinski definition) is 2. The fraction of sp³-hybridized carbons (Fsp3) is 0.167. The number of aromatic nitrogens is 2. The molecule has 2 aromatic rings. The Balaban J connectivity index is 2.11. The molecular formula is C12H12ClN5O3. The zero-order valence-electron chi connectivity index (χ0n) is 10.8. The summed E-state index contributed by atoms with van der Waals surface area (Å²) in [6.07, 6.45) is 3.07. The number of nitrogens with one attached hydrogen (secondary N) is 1. The lowest BCUT2D eigenvalue weighted by atomic mass is 10.2. The van der Waals surface area contributed by atoms with E-state index in [4.69, 9.17) is 17.3 Å². The summed E-state index contributed by atoms with van der Waals surface area (Å²) in [5.41, 5.74) is 5.76. The molecule has 0 bridgehead atoms. The van der Waals surface area contributed by atoms with Crippen LogP contribution in [0.1, 0.15) is 10.5 Å². The SMILES string of the molecule is NCCn1cnc(C(=O)Nc2ccc([N+](=O)[O-])c(Cl)c2)c1. The number of rotatable bonds is 5. The molecule has 2 rings (SSSR count). The molecule has 8 nitrogen and oxygen atoms in total. The van der Waals surface area contributed by atoms with Gasteiger partial charge in [0.2, 0.25) is 0 Å². The van der Waals surface area contributed by atoms with Gasteiger partial charge in [0.1, 0.15) is 10.7 Å². The number of benzene rings is 1. The van der Waals surface area contributed by atoms with Gasteiger partial charge in [-0.15, -0.1) is 0 Å². The minimum atomic E-state index is -0.595. The lowest BCUT2D eigenvalue weighted by Crippen LogP contribution is -2.13. The van der Waals surface area contributed by atoms with E-state index >= 15 is 0 Å². The van der Waals surface area contributed by atoms with Crippen LogP contribution in [-0.4, -0.2) is 26.9 Å². The number of nitro benzene ring substituents is 1. The highest BCUT2D eigenvalue weighted by Gasteiger charge is 2.14. The van der Waals surface area contributed by atoms with Crippen molar-refractivity contribution < 1.29 is 9.72 Å². The fourth-order valence-electron chi connectivity index (χ4n) is 1.68. The Morgan fingerprint density at radius 1 is 1.52 bits per heavy atom. The minimum absolute atomic E-state index is 0.0496. The molecule has 1 aromatic heterocycles. The number of nitro groups is 1. The molecule has 110 valence electrons. The van der Waals surface area contributed by atoms with Crippen molar-refractivity contribution >= 4 is 28.9 Å². The monoisotopic (exact) mass is 309 g/mol. The molecule has 1 amide bonds. The number of anilines is 1. The summed E-state index contributed by atoms with van der Waals surface area (Å²) in [5, 5.41) is 13.2. The molecule has 0 radical (unpaired) electrons. The lowest BCUT2D eigenvalue weighted by molar-refractivity contribution is -0.384. The first kappa shape index (κ1) is 14.9.